The van der Waals surface area contributed by atoms with Crippen molar-refractivity contribution in [3.8, 4) is 0 Å². The van der Waals surface area contributed by atoms with Crippen LogP contribution in [0.25, 0.3) is 0 Å². The lowest BCUT2D eigenvalue weighted by Crippen LogP contribution is -2.32. The number of aryl methyl sites for hydroxylation is 1. The number of benzene rings is 1. The van der Waals surface area contributed by atoms with Crippen molar-refractivity contribution >= 4 is 5.69 Å². The molecule has 2 nitrogen and oxygen atoms in total. The van der Waals surface area contributed by atoms with E-state index in [0.29, 0.717) is 5.92 Å². The Labute approximate surface area is 111 Å². The number of aliphatic hydroxyl groups excluding tert-OH is 1. The molecule has 2 unspecified atom stereocenters. The molecule has 0 saturated heterocycles. The minimum Gasteiger partial charge on any atom is -0.393 e. The van der Waals surface area contributed by atoms with Crippen molar-refractivity contribution in [2.24, 2.45) is 5.92 Å². The van der Waals surface area contributed by atoms with Crippen molar-refractivity contribution in [1.82, 2.24) is 0 Å². The standard InChI is InChI=1S/C16H25NO/c1-13-8-10-15(11-9-13)17(2)12-14-6-4-3-5-7-16(14)18/h8-11,14,16,18H,3-7,12H2,1-2H3. The molecule has 18 heavy (non-hydrogen) atoms. The van der Waals surface area contributed by atoms with E-state index < -0.39 is 0 Å². The van der Waals surface area contributed by atoms with Crippen LogP contribution in [0.4, 0.5) is 5.69 Å². The Hall–Kier alpha value is -1.02. The maximum atomic E-state index is 10.2. The van der Waals surface area contributed by atoms with Gasteiger partial charge in [-0.25, -0.2) is 0 Å². The summed E-state index contributed by atoms with van der Waals surface area (Å²) in [5.41, 5.74) is 2.54. The first-order valence-electron chi connectivity index (χ1n) is 7.12. The number of aliphatic hydroxyl groups is 1. The minimum absolute atomic E-state index is 0.111. The average Bonchev–Trinajstić information content (AvgIpc) is 2.56. The van der Waals surface area contributed by atoms with Crippen molar-refractivity contribution in [3.63, 3.8) is 0 Å². The third-order valence-corrected chi connectivity index (χ3v) is 4.10. The zero-order valence-electron chi connectivity index (χ0n) is 11.6. The fourth-order valence-corrected chi connectivity index (χ4v) is 2.83. The van der Waals surface area contributed by atoms with Crippen molar-refractivity contribution in [1.29, 1.82) is 0 Å². The molecule has 1 saturated carbocycles. The predicted molar refractivity (Wildman–Crippen MR) is 77.0 cm³/mol. The van der Waals surface area contributed by atoms with Gasteiger partial charge in [0.15, 0.2) is 0 Å². The summed E-state index contributed by atoms with van der Waals surface area (Å²) < 4.78 is 0. The Morgan fingerprint density at radius 3 is 2.50 bits per heavy atom. The lowest BCUT2D eigenvalue weighted by molar-refractivity contribution is 0.104. The van der Waals surface area contributed by atoms with Gasteiger partial charge < -0.3 is 10.0 Å². The topological polar surface area (TPSA) is 23.5 Å². The zero-order chi connectivity index (χ0) is 13.0. The van der Waals surface area contributed by atoms with Gasteiger partial charge in [-0.3, -0.25) is 0 Å². The highest BCUT2D eigenvalue weighted by Crippen LogP contribution is 2.25. The van der Waals surface area contributed by atoms with E-state index in [2.05, 4.69) is 43.1 Å². The van der Waals surface area contributed by atoms with Crippen LogP contribution in [0.1, 0.15) is 37.7 Å². The summed E-state index contributed by atoms with van der Waals surface area (Å²) in [6, 6.07) is 8.63. The Bertz CT molecular complexity index is 360. The molecule has 0 aliphatic heterocycles. The molecule has 0 amide bonds. The van der Waals surface area contributed by atoms with Crippen LogP contribution in [0.5, 0.6) is 0 Å². The largest absolute Gasteiger partial charge is 0.393 e. The van der Waals surface area contributed by atoms with Crippen LogP contribution < -0.4 is 4.90 Å². The van der Waals surface area contributed by atoms with E-state index in [1.54, 1.807) is 0 Å². The van der Waals surface area contributed by atoms with Crippen LogP contribution in [0, 0.1) is 12.8 Å². The predicted octanol–water partition coefficient (Wildman–Crippen LogP) is 3.37. The summed E-state index contributed by atoms with van der Waals surface area (Å²) in [6.45, 7) is 3.07. The number of hydrogen-bond donors (Lipinski definition) is 1. The van der Waals surface area contributed by atoms with Crippen molar-refractivity contribution in [3.05, 3.63) is 29.8 Å². The molecular weight excluding hydrogens is 222 g/mol. The molecule has 100 valence electrons. The fraction of sp³-hybridized carbons (Fsp3) is 0.625. The summed E-state index contributed by atoms with van der Waals surface area (Å²) in [5.74, 6) is 0.429. The van der Waals surface area contributed by atoms with Crippen molar-refractivity contribution < 1.29 is 5.11 Å². The van der Waals surface area contributed by atoms with Gasteiger partial charge in [-0.15, -0.1) is 0 Å². The van der Waals surface area contributed by atoms with Crippen LogP contribution in [-0.2, 0) is 0 Å². The summed E-state index contributed by atoms with van der Waals surface area (Å²) in [6.07, 6.45) is 5.77. The van der Waals surface area contributed by atoms with Gasteiger partial charge in [0.1, 0.15) is 0 Å². The lowest BCUT2D eigenvalue weighted by Gasteiger charge is -2.28. The van der Waals surface area contributed by atoms with Gasteiger partial charge in [-0.05, 0) is 31.9 Å². The lowest BCUT2D eigenvalue weighted by atomic mass is 9.96. The van der Waals surface area contributed by atoms with Crippen LogP contribution in [0.15, 0.2) is 24.3 Å². The molecule has 2 heteroatoms. The number of nitrogens with zero attached hydrogens (tertiary/aromatic N) is 1. The fourth-order valence-electron chi connectivity index (χ4n) is 2.83. The molecule has 1 aromatic rings. The molecule has 1 aromatic carbocycles. The Morgan fingerprint density at radius 1 is 1.11 bits per heavy atom. The highest BCUT2D eigenvalue weighted by molar-refractivity contribution is 5.46. The Morgan fingerprint density at radius 2 is 1.78 bits per heavy atom. The van der Waals surface area contributed by atoms with Gasteiger partial charge in [0.2, 0.25) is 0 Å². The highest BCUT2D eigenvalue weighted by atomic mass is 16.3. The number of rotatable bonds is 3. The average molecular weight is 247 g/mol. The van der Waals surface area contributed by atoms with E-state index in [4.69, 9.17) is 0 Å². The van der Waals surface area contributed by atoms with E-state index >= 15 is 0 Å². The van der Waals surface area contributed by atoms with Gasteiger partial charge in [0.05, 0.1) is 6.10 Å². The summed E-state index contributed by atoms with van der Waals surface area (Å²) in [4.78, 5) is 2.28. The van der Waals surface area contributed by atoms with Crippen LogP contribution >= 0.6 is 0 Å². The first-order valence-corrected chi connectivity index (χ1v) is 7.12. The monoisotopic (exact) mass is 247 g/mol. The quantitative estimate of drug-likeness (QED) is 0.828. The zero-order valence-corrected chi connectivity index (χ0v) is 11.6. The first-order chi connectivity index (χ1) is 8.66. The van der Waals surface area contributed by atoms with Crippen molar-refractivity contribution in [2.75, 3.05) is 18.5 Å². The Balaban J connectivity index is 1.97. The minimum atomic E-state index is -0.111. The molecule has 1 aliphatic carbocycles. The van der Waals surface area contributed by atoms with Gasteiger partial charge >= 0.3 is 0 Å². The molecule has 0 radical (unpaired) electrons. The van der Waals surface area contributed by atoms with E-state index in [-0.39, 0.29) is 6.10 Å². The molecule has 2 atom stereocenters. The van der Waals surface area contributed by atoms with Gasteiger partial charge in [0.25, 0.3) is 0 Å². The normalized spacial score (nSPS) is 24.6. The molecule has 0 bridgehead atoms. The molecule has 1 N–H and O–H groups in total. The van der Waals surface area contributed by atoms with E-state index in [9.17, 15) is 5.11 Å². The van der Waals surface area contributed by atoms with Crippen LogP contribution in [-0.4, -0.2) is 24.8 Å². The maximum absolute atomic E-state index is 10.2. The number of anilines is 1. The summed E-state index contributed by atoms with van der Waals surface area (Å²) >= 11 is 0. The second-order valence-electron chi connectivity index (χ2n) is 5.68. The second kappa shape index (κ2) is 6.24. The molecule has 0 aromatic heterocycles. The van der Waals surface area contributed by atoms with E-state index in [0.717, 1.165) is 19.4 Å². The third kappa shape index (κ3) is 3.49. The van der Waals surface area contributed by atoms with E-state index in [1.807, 2.05) is 0 Å². The Kier molecular flexibility index (Phi) is 4.65. The smallest absolute Gasteiger partial charge is 0.0585 e. The highest BCUT2D eigenvalue weighted by Gasteiger charge is 2.22. The van der Waals surface area contributed by atoms with Gasteiger partial charge in [-0.1, -0.05) is 37.0 Å². The van der Waals surface area contributed by atoms with E-state index in [1.165, 1.54) is 30.5 Å². The van der Waals surface area contributed by atoms with Crippen LogP contribution in [0.2, 0.25) is 0 Å². The molecule has 2 rings (SSSR count). The van der Waals surface area contributed by atoms with Crippen LogP contribution in [0.3, 0.4) is 0 Å². The molecule has 0 heterocycles. The molecular formula is C16H25NO. The van der Waals surface area contributed by atoms with Gasteiger partial charge in [-0.2, -0.15) is 0 Å². The molecule has 1 fully saturated rings. The summed E-state index contributed by atoms with van der Waals surface area (Å²) in [7, 11) is 2.13. The number of hydrogen-bond acceptors (Lipinski definition) is 2. The molecule has 0 spiro atoms. The van der Waals surface area contributed by atoms with Crippen molar-refractivity contribution in [2.45, 2.75) is 45.1 Å². The summed E-state index contributed by atoms with van der Waals surface area (Å²) in [5, 5.41) is 10.2. The maximum Gasteiger partial charge on any atom is 0.0585 e. The van der Waals surface area contributed by atoms with Gasteiger partial charge in [0, 0.05) is 25.2 Å². The first kappa shape index (κ1) is 13.4. The SMILES string of the molecule is Cc1ccc(N(C)CC2CCCCCC2O)cc1. The molecule has 1 aliphatic rings. The third-order valence-electron chi connectivity index (χ3n) is 4.10. The second-order valence-corrected chi connectivity index (χ2v) is 5.68.